The van der Waals surface area contributed by atoms with Crippen LogP contribution in [-0.4, -0.2) is 24.3 Å². The van der Waals surface area contributed by atoms with Gasteiger partial charge in [-0.25, -0.2) is 4.79 Å². The molecule has 0 aromatic heterocycles. The van der Waals surface area contributed by atoms with Gasteiger partial charge in [0.05, 0.1) is 0 Å². The van der Waals surface area contributed by atoms with Gasteiger partial charge in [0.1, 0.15) is 5.60 Å². The molecule has 0 fully saturated rings. The second kappa shape index (κ2) is 6.95. The molecule has 1 aliphatic rings. The topological polar surface area (TPSA) is 50.4 Å². The van der Waals surface area contributed by atoms with Crippen LogP contribution < -0.4 is 10.6 Å². The lowest BCUT2D eigenvalue weighted by molar-refractivity contribution is 0.0522. The normalized spacial score (nSPS) is 17.6. The van der Waals surface area contributed by atoms with Gasteiger partial charge in [-0.15, -0.1) is 12.4 Å². The maximum atomic E-state index is 11.6. The van der Waals surface area contributed by atoms with Crippen LogP contribution in [0.2, 0.25) is 0 Å². The second-order valence-corrected chi connectivity index (χ2v) is 5.93. The van der Waals surface area contributed by atoms with Gasteiger partial charge in [-0.1, -0.05) is 24.3 Å². The highest BCUT2D eigenvalue weighted by molar-refractivity contribution is 5.85. The van der Waals surface area contributed by atoms with E-state index in [1.807, 2.05) is 20.8 Å². The SMILES string of the molecule is CC(C)(C)OC(=O)NCC1Cc2ccccc2CN1.Cl. The highest BCUT2D eigenvalue weighted by atomic mass is 35.5. The van der Waals surface area contributed by atoms with Crippen molar-refractivity contribution in [2.75, 3.05) is 6.54 Å². The Morgan fingerprint density at radius 2 is 2.00 bits per heavy atom. The second-order valence-electron chi connectivity index (χ2n) is 5.93. The smallest absolute Gasteiger partial charge is 0.407 e. The molecule has 0 aliphatic carbocycles. The van der Waals surface area contributed by atoms with Gasteiger partial charge in [-0.2, -0.15) is 0 Å². The number of carbonyl (C=O) groups excluding carboxylic acids is 1. The Kier molecular flexibility index (Phi) is 5.84. The highest BCUT2D eigenvalue weighted by Gasteiger charge is 2.20. The third-order valence-electron chi connectivity index (χ3n) is 3.06. The van der Waals surface area contributed by atoms with Gasteiger partial charge >= 0.3 is 6.09 Å². The van der Waals surface area contributed by atoms with Gasteiger partial charge in [0.15, 0.2) is 0 Å². The van der Waals surface area contributed by atoms with Crippen molar-refractivity contribution < 1.29 is 9.53 Å². The summed E-state index contributed by atoms with van der Waals surface area (Å²) in [5.74, 6) is 0. The summed E-state index contributed by atoms with van der Waals surface area (Å²) in [5.41, 5.74) is 2.25. The van der Waals surface area contributed by atoms with E-state index in [9.17, 15) is 4.79 Å². The molecule has 20 heavy (non-hydrogen) atoms. The summed E-state index contributed by atoms with van der Waals surface area (Å²) in [6, 6.07) is 8.67. The molecule has 112 valence electrons. The first kappa shape index (κ1) is 16.8. The van der Waals surface area contributed by atoms with Crippen LogP contribution in [0.4, 0.5) is 4.79 Å². The van der Waals surface area contributed by atoms with Crippen LogP contribution in [0.15, 0.2) is 24.3 Å². The fourth-order valence-electron chi connectivity index (χ4n) is 2.19. The van der Waals surface area contributed by atoms with E-state index in [-0.39, 0.29) is 24.5 Å². The molecule has 4 nitrogen and oxygen atoms in total. The van der Waals surface area contributed by atoms with E-state index < -0.39 is 5.60 Å². The molecule has 2 N–H and O–H groups in total. The molecule has 1 unspecified atom stereocenters. The summed E-state index contributed by atoms with van der Waals surface area (Å²) in [7, 11) is 0. The summed E-state index contributed by atoms with van der Waals surface area (Å²) in [4.78, 5) is 11.6. The van der Waals surface area contributed by atoms with E-state index in [1.165, 1.54) is 11.1 Å². The van der Waals surface area contributed by atoms with Crippen LogP contribution >= 0.6 is 12.4 Å². The lowest BCUT2D eigenvalue weighted by atomic mass is 9.96. The van der Waals surface area contributed by atoms with E-state index in [1.54, 1.807) is 0 Å². The van der Waals surface area contributed by atoms with Gasteiger partial charge in [0, 0.05) is 19.1 Å². The van der Waals surface area contributed by atoms with E-state index >= 15 is 0 Å². The molecule has 5 heteroatoms. The van der Waals surface area contributed by atoms with Crippen LogP contribution in [0.5, 0.6) is 0 Å². The highest BCUT2D eigenvalue weighted by Crippen LogP contribution is 2.15. The van der Waals surface area contributed by atoms with Crippen molar-refractivity contribution in [3.8, 4) is 0 Å². The summed E-state index contributed by atoms with van der Waals surface area (Å²) in [6.07, 6.45) is 0.583. The minimum absolute atomic E-state index is 0. The number of halogens is 1. The van der Waals surface area contributed by atoms with Crippen molar-refractivity contribution in [3.05, 3.63) is 35.4 Å². The molecule has 1 aliphatic heterocycles. The fourth-order valence-corrected chi connectivity index (χ4v) is 2.19. The van der Waals surface area contributed by atoms with E-state index in [2.05, 4.69) is 34.9 Å². The van der Waals surface area contributed by atoms with Crippen molar-refractivity contribution in [2.45, 2.75) is 45.4 Å². The lowest BCUT2D eigenvalue weighted by Gasteiger charge is -2.27. The third-order valence-corrected chi connectivity index (χ3v) is 3.06. The zero-order valence-corrected chi connectivity index (χ0v) is 13.0. The van der Waals surface area contributed by atoms with Gasteiger partial charge in [-0.05, 0) is 38.3 Å². The summed E-state index contributed by atoms with van der Waals surface area (Å²) in [5, 5.41) is 6.24. The number of alkyl carbamates (subject to hydrolysis) is 1. The largest absolute Gasteiger partial charge is 0.444 e. The summed E-state index contributed by atoms with van der Waals surface area (Å²) in [6.45, 7) is 7.03. The van der Waals surface area contributed by atoms with Gasteiger partial charge in [0.2, 0.25) is 0 Å². The molecule has 0 bridgehead atoms. The zero-order chi connectivity index (χ0) is 13.9. The molecular formula is C15H23ClN2O2. The minimum atomic E-state index is -0.448. The Balaban J connectivity index is 0.00000200. The number of benzene rings is 1. The summed E-state index contributed by atoms with van der Waals surface area (Å²) < 4.78 is 5.22. The molecule has 0 radical (unpaired) electrons. The number of hydrogen-bond donors (Lipinski definition) is 2. The lowest BCUT2D eigenvalue weighted by Crippen LogP contribution is -2.45. The first-order valence-corrected chi connectivity index (χ1v) is 6.71. The van der Waals surface area contributed by atoms with Crippen LogP contribution in [0.3, 0.4) is 0 Å². The van der Waals surface area contributed by atoms with E-state index in [0.29, 0.717) is 6.54 Å². The number of hydrogen-bond acceptors (Lipinski definition) is 3. The number of ether oxygens (including phenoxy) is 1. The quantitative estimate of drug-likeness (QED) is 0.882. The molecule has 1 heterocycles. The predicted octanol–water partition coefficient (Wildman–Crippen LogP) is 2.65. The molecule has 1 atom stereocenters. The minimum Gasteiger partial charge on any atom is -0.444 e. The van der Waals surface area contributed by atoms with E-state index in [4.69, 9.17) is 4.74 Å². The molecule has 0 spiro atoms. The third kappa shape index (κ3) is 5.02. The number of nitrogens with one attached hydrogen (secondary N) is 2. The fraction of sp³-hybridized carbons (Fsp3) is 0.533. The molecule has 0 saturated carbocycles. The Bertz CT molecular complexity index is 457. The molecule has 2 rings (SSSR count). The first-order valence-electron chi connectivity index (χ1n) is 6.71. The van der Waals surface area contributed by atoms with Crippen molar-refractivity contribution in [1.29, 1.82) is 0 Å². The number of fused-ring (bicyclic) bond motifs is 1. The number of rotatable bonds is 2. The molecule has 0 saturated heterocycles. The average molecular weight is 299 g/mol. The van der Waals surface area contributed by atoms with Crippen LogP contribution in [0, 0.1) is 0 Å². The van der Waals surface area contributed by atoms with Gasteiger partial charge < -0.3 is 15.4 Å². The molecular weight excluding hydrogens is 276 g/mol. The number of carbonyl (C=O) groups is 1. The van der Waals surface area contributed by atoms with Crippen LogP contribution in [-0.2, 0) is 17.7 Å². The van der Waals surface area contributed by atoms with Crippen molar-refractivity contribution in [1.82, 2.24) is 10.6 Å². The molecule has 1 amide bonds. The maximum absolute atomic E-state index is 11.6. The molecule has 1 aromatic rings. The standard InChI is InChI=1S/C15H22N2O2.ClH/c1-15(2,3)19-14(18)17-10-13-8-11-6-4-5-7-12(11)9-16-13;/h4-7,13,16H,8-10H2,1-3H3,(H,17,18);1H. The Morgan fingerprint density at radius 3 is 2.65 bits per heavy atom. The summed E-state index contributed by atoms with van der Waals surface area (Å²) >= 11 is 0. The molecule has 1 aromatic carbocycles. The Hall–Kier alpha value is -1.26. The predicted molar refractivity (Wildman–Crippen MR) is 82.3 cm³/mol. The van der Waals surface area contributed by atoms with Crippen LogP contribution in [0.25, 0.3) is 0 Å². The number of amides is 1. The first-order chi connectivity index (χ1) is 8.94. The Labute approximate surface area is 126 Å². The monoisotopic (exact) mass is 298 g/mol. The van der Waals surface area contributed by atoms with Crippen molar-refractivity contribution in [3.63, 3.8) is 0 Å². The van der Waals surface area contributed by atoms with Gasteiger partial charge in [0.25, 0.3) is 0 Å². The Morgan fingerprint density at radius 1 is 1.35 bits per heavy atom. The van der Waals surface area contributed by atoms with Gasteiger partial charge in [-0.3, -0.25) is 0 Å². The maximum Gasteiger partial charge on any atom is 0.407 e. The van der Waals surface area contributed by atoms with Crippen molar-refractivity contribution in [2.24, 2.45) is 0 Å². The average Bonchev–Trinajstić information content (AvgIpc) is 2.34. The van der Waals surface area contributed by atoms with Crippen molar-refractivity contribution >= 4 is 18.5 Å². The zero-order valence-electron chi connectivity index (χ0n) is 12.2. The van der Waals surface area contributed by atoms with Crippen LogP contribution in [0.1, 0.15) is 31.9 Å². The van der Waals surface area contributed by atoms with E-state index in [0.717, 1.165) is 13.0 Å².